The van der Waals surface area contributed by atoms with Crippen LogP contribution in [-0.2, 0) is 16.8 Å². The molecule has 0 aliphatic carbocycles. The Hall–Kier alpha value is -1.12. The minimum Gasteiger partial charge on any atom is -0.302 e. The van der Waals surface area contributed by atoms with Gasteiger partial charge in [0.2, 0.25) is 0 Å². The molecule has 14 heavy (non-hydrogen) atoms. The lowest BCUT2D eigenvalue weighted by Gasteiger charge is -2.13. The van der Waals surface area contributed by atoms with Gasteiger partial charge >= 0.3 is 0 Å². The second kappa shape index (κ2) is 3.95. The summed E-state index contributed by atoms with van der Waals surface area (Å²) >= 11 is 0. The zero-order valence-corrected chi connectivity index (χ0v) is 9.32. The smallest absolute Gasteiger partial charge is 0.130 e. The van der Waals surface area contributed by atoms with E-state index >= 15 is 0 Å². The number of carbonyl (C=O) groups excluding carboxylic acids is 1. The number of aromatic nitrogens is 2. The van der Waals surface area contributed by atoms with Crippen molar-refractivity contribution in [1.82, 2.24) is 9.78 Å². The van der Waals surface area contributed by atoms with Gasteiger partial charge in [0.1, 0.15) is 6.29 Å². The second-order valence-corrected chi connectivity index (χ2v) is 4.68. The van der Waals surface area contributed by atoms with Crippen molar-refractivity contribution >= 4 is 6.29 Å². The third kappa shape index (κ3) is 2.44. The van der Waals surface area contributed by atoms with Gasteiger partial charge in [0.15, 0.2) is 0 Å². The maximum atomic E-state index is 10.8. The minimum atomic E-state index is -0.421. The molecular formula is C11H18N2O. The number of rotatable bonds is 4. The number of aldehydes is 1. The molecule has 0 saturated heterocycles. The summed E-state index contributed by atoms with van der Waals surface area (Å²) in [6, 6.07) is 0. The number of hydrogen-bond donors (Lipinski definition) is 0. The van der Waals surface area contributed by atoms with E-state index in [2.05, 4.69) is 18.9 Å². The van der Waals surface area contributed by atoms with E-state index in [1.54, 1.807) is 6.20 Å². The normalized spacial score (nSPS) is 12.1. The molecule has 1 heterocycles. The molecule has 0 N–H and O–H groups in total. The summed E-state index contributed by atoms with van der Waals surface area (Å²) < 4.78 is 1.89. The molecule has 0 radical (unpaired) electrons. The first kappa shape index (κ1) is 11.0. The topological polar surface area (TPSA) is 34.9 Å². The fourth-order valence-corrected chi connectivity index (χ4v) is 1.24. The molecule has 1 aromatic heterocycles. The van der Waals surface area contributed by atoms with Crippen LogP contribution in [0, 0.1) is 5.92 Å². The highest BCUT2D eigenvalue weighted by Crippen LogP contribution is 2.19. The highest BCUT2D eigenvalue weighted by atomic mass is 16.1. The van der Waals surface area contributed by atoms with Gasteiger partial charge in [-0.2, -0.15) is 5.10 Å². The molecule has 1 rings (SSSR count). The molecule has 0 amide bonds. The molecule has 0 unspecified atom stereocenters. The Kier molecular flexibility index (Phi) is 3.09. The molecule has 0 atom stereocenters. The van der Waals surface area contributed by atoms with Gasteiger partial charge in [-0.05, 0) is 19.8 Å². The Labute approximate surface area is 85.1 Å². The van der Waals surface area contributed by atoms with Crippen molar-refractivity contribution in [1.29, 1.82) is 0 Å². The van der Waals surface area contributed by atoms with Crippen LogP contribution in [0.15, 0.2) is 12.4 Å². The van der Waals surface area contributed by atoms with Crippen molar-refractivity contribution in [2.24, 2.45) is 5.92 Å². The summed E-state index contributed by atoms with van der Waals surface area (Å²) in [5.74, 6) is 0.571. The Morgan fingerprint density at radius 1 is 1.57 bits per heavy atom. The Morgan fingerprint density at radius 3 is 2.71 bits per heavy atom. The highest BCUT2D eigenvalue weighted by Gasteiger charge is 2.21. The Balaban J connectivity index is 2.82. The third-order valence-corrected chi connectivity index (χ3v) is 2.22. The van der Waals surface area contributed by atoms with E-state index in [4.69, 9.17) is 0 Å². The van der Waals surface area contributed by atoms with Gasteiger partial charge in [-0.25, -0.2) is 0 Å². The summed E-state index contributed by atoms with van der Waals surface area (Å²) in [6.45, 7) is 8.99. The van der Waals surface area contributed by atoms with E-state index in [9.17, 15) is 4.79 Å². The highest BCUT2D eigenvalue weighted by molar-refractivity contribution is 5.66. The van der Waals surface area contributed by atoms with Gasteiger partial charge < -0.3 is 4.79 Å². The first-order chi connectivity index (χ1) is 6.45. The van der Waals surface area contributed by atoms with Gasteiger partial charge in [-0.3, -0.25) is 4.68 Å². The van der Waals surface area contributed by atoms with Gasteiger partial charge in [-0.1, -0.05) is 13.8 Å². The number of nitrogens with zero attached hydrogens (tertiary/aromatic N) is 2. The van der Waals surface area contributed by atoms with E-state index in [-0.39, 0.29) is 0 Å². The van der Waals surface area contributed by atoms with Crippen molar-refractivity contribution < 1.29 is 4.79 Å². The monoisotopic (exact) mass is 194 g/mol. The van der Waals surface area contributed by atoms with E-state index < -0.39 is 5.41 Å². The molecule has 1 aromatic rings. The van der Waals surface area contributed by atoms with Gasteiger partial charge in [0, 0.05) is 23.7 Å². The number of carbonyl (C=O) groups is 1. The van der Waals surface area contributed by atoms with Crippen molar-refractivity contribution in [2.45, 2.75) is 39.7 Å². The van der Waals surface area contributed by atoms with Crippen molar-refractivity contribution in [2.75, 3.05) is 0 Å². The lowest BCUT2D eigenvalue weighted by molar-refractivity contribution is -0.111. The largest absolute Gasteiger partial charge is 0.302 e. The van der Waals surface area contributed by atoms with Crippen molar-refractivity contribution in [3.05, 3.63) is 18.0 Å². The zero-order chi connectivity index (χ0) is 10.8. The van der Waals surface area contributed by atoms with Crippen LogP contribution in [0.4, 0.5) is 0 Å². The van der Waals surface area contributed by atoms with Crippen LogP contribution in [0.2, 0.25) is 0 Å². The molecule has 0 aliphatic rings. The van der Waals surface area contributed by atoms with Crippen LogP contribution in [0.1, 0.15) is 33.3 Å². The summed E-state index contributed by atoms with van der Waals surface area (Å²) in [7, 11) is 0. The van der Waals surface area contributed by atoms with Gasteiger partial charge in [-0.15, -0.1) is 0 Å². The maximum absolute atomic E-state index is 10.8. The summed E-state index contributed by atoms with van der Waals surface area (Å²) in [4.78, 5) is 10.8. The molecule has 0 bridgehead atoms. The van der Waals surface area contributed by atoms with Crippen molar-refractivity contribution in [3.8, 4) is 0 Å². The Morgan fingerprint density at radius 2 is 2.21 bits per heavy atom. The zero-order valence-electron chi connectivity index (χ0n) is 9.32. The standard InChI is InChI=1S/C11H18N2O/c1-9(2)6-13-7-10(5-12-13)11(3,4)8-14/h5,7-9H,6H2,1-4H3. The van der Waals surface area contributed by atoms with Crippen molar-refractivity contribution in [3.63, 3.8) is 0 Å². The Bertz CT molecular complexity index is 313. The fraction of sp³-hybridized carbons (Fsp3) is 0.636. The summed E-state index contributed by atoms with van der Waals surface area (Å²) in [5, 5.41) is 4.23. The van der Waals surface area contributed by atoms with Gasteiger partial charge in [0.05, 0.1) is 6.20 Å². The van der Waals surface area contributed by atoms with Gasteiger partial charge in [0.25, 0.3) is 0 Å². The van der Waals surface area contributed by atoms with Crippen LogP contribution in [0.5, 0.6) is 0 Å². The fourth-order valence-electron chi connectivity index (χ4n) is 1.24. The quantitative estimate of drug-likeness (QED) is 0.687. The average molecular weight is 194 g/mol. The first-order valence-electron chi connectivity index (χ1n) is 4.95. The summed E-state index contributed by atoms with van der Waals surface area (Å²) in [5.41, 5.74) is 0.558. The van der Waals surface area contributed by atoms with Crippen LogP contribution < -0.4 is 0 Å². The molecule has 78 valence electrons. The minimum absolute atomic E-state index is 0.421. The van der Waals surface area contributed by atoms with E-state index in [1.165, 1.54) is 0 Å². The molecule has 0 spiro atoms. The van der Waals surface area contributed by atoms with E-state index in [1.807, 2.05) is 24.7 Å². The average Bonchev–Trinajstić information content (AvgIpc) is 2.52. The lowest BCUT2D eigenvalue weighted by Crippen LogP contribution is -2.17. The van der Waals surface area contributed by atoms with Crippen LogP contribution >= 0.6 is 0 Å². The third-order valence-electron chi connectivity index (χ3n) is 2.22. The number of hydrogen-bond acceptors (Lipinski definition) is 2. The molecule has 0 aliphatic heterocycles. The molecule has 0 saturated carbocycles. The van der Waals surface area contributed by atoms with Crippen LogP contribution in [0.25, 0.3) is 0 Å². The second-order valence-electron chi connectivity index (χ2n) is 4.68. The molecule has 0 aromatic carbocycles. The van der Waals surface area contributed by atoms with Crippen LogP contribution in [0.3, 0.4) is 0 Å². The molecule has 0 fully saturated rings. The predicted molar refractivity (Wildman–Crippen MR) is 56.2 cm³/mol. The first-order valence-corrected chi connectivity index (χ1v) is 4.95. The lowest BCUT2D eigenvalue weighted by atomic mass is 9.89. The van der Waals surface area contributed by atoms with E-state index in [0.29, 0.717) is 5.92 Å². The van der Waals surface area contributed by atoms with Crippen LogP contribution in [-0.4, -0.2) is 16.1 Å². The summed E-state index contributed by atoms with van der Waals surface area (Å²) in [6.07, 6.45) is 4.69. The van der Waals surface area contributed by atoms with E-state index in [0.717, 1.165) is 18.4 Å². The SMILES string of the molecule is CC(C)Cn1cc(C(C)(C)C=O)cn1. The molecule has 3 heteroatoms. The maximum Gasteiger partial charge on any atom is 0.130 e. The molecule has 3 nitrogen and oxygen atoms in total. The predicted octanol–water partition coefficient (Wildman–Crippen LogP) is 2.02. The molecular weight excluding hydrogens is 176 g/mol.